The van der Waals surface area contributed by atoms with Crippen LogP contribution in [0.1, 0.15) is 36.8 Å². The van der Waals surface area contributed by atoms with E-state index in [1.165, 1.54) is 29.9 Å². The van der Waals surface area contributed by atoms with Crippen molar-refractivity contribution in [2.75, 3.05) is 7.11 Å². The van der Waals surface area contributed by atoms with E-state index in [9.17, 15) is 0 Å². The Morgan fingerprint density at radius 2 is 2.20 bits per heavy atom. The summed E-state index contributed by atoms with van der Waals surface area (Å²) in [6, 6.07) is 6.36. The molecule has 1 aromatic rings. The maximum atomic E-state index is 5.26. The molecule has 0 atom stereocenters. The van der Waals surface area contributed by atoms with Crippen molar-refractivity contribution in [1.29, 1.82) is 0 Å². The van der Waals surface area contributed by atoms with Crippen molar-refractivity contribution in [3.05, 3.63) is 47.9 Å². The van der Waals surface area contributed by atoms with Crippen LogP contribution < -0.4 is 4.74 Å². The van der Waals surface area contributed by atoms with Gasteiger partial charge in [0, 0.05) is 5.92 Å². The first-order valence-corrected chi connectivity index (χ1v) is 5.40. The second kappa shape index (κ2) is 4.09. The summed E-state index contributed by atoms with van der Waals surface area (Å²) in [5.74, 6) is 2.92. The van der Waals surface area contributed by atoms with Crippen LogP contribution in [0.3, 0.4) is 0 Å². The number of rotatable bonds is 4. The Morgan fingerprint density at radius 1 is 1.47 bits per heavy atom. The van der Waals surface area contributed by atoms with Crippen LogP contribution in [0.5, 0.6) is 5.75 Å². The molecule has 1 aromatic carbocycles. The molecule has 0 aliphatic heterocycles. The van der Waals surface area contributed by atoms with E-state index < -0.39 is 0 Å². The summed E-state index contributed by atoms with van der Waals surface area (Å²) in [5, 5.41) is 0. The minimum absolute atomic E-state index is 0.765. The van der Waals surface area contributed by atoms with Gasteiger partial charge in [0.15, 0.2) is 0 Å². The molecule has 0 N–H and O–H groups in total. The molecule has 15 heavy (non-hydrogen) atoms. The third kappa shape index (κ3) is 2.06. The molecule has 1 heteroatoms. The van der Waals surface area contributed by atoms with Gasteiger partial charge < -0.3 is 4.74 Å². The summed E-state index contributed by atoms with van der Waals surface area (Å²) >= 11 is 0. The van der Waals surface area contributed by atoms with E-state index in [1.807, 2.05) is 12.1 Å². The fraction of sp³-hybridized carbons (Fsp3) is 0.357. The SMILES string of the molecule is C=C[C](C)c1cc(OC)ccc1C1CC1. The van der Waals surface area contributed by atoms with E-state index in [4.69, 9.17) is 4.74 Å². The fourth-order valence-electron chi connectivity index (χ4n) is 1.86. The second-order valence-electron chi connectivity index (χ2n) is 4.11. The van der Waals surface area contributed by atoms with E-state index in [-0.39, 0.29) is 0 Å². The number of benzene rings is 1. The topological polar surface area (TPSA) is 9.23 Å². The standard InChI is InChI=1S/C14H17O/c1-4-10(2)14-9-12(15-3)7-8-13(14)11-5-6-11/h4,7-9,11H,1,5-6H2,2-3H3. The van der Waals surface area contributed by atoms with Crippen molar-refractivity contribution in [1.82, 2.24) is 0 Å². The molecule has 0 aromatic heterocycles. The summed E-state index contributed by atoms with van der Waals surface area (Å²) in [6.45, 7) is 5.94. The summed E-state index contributed by atoms with van der Waals surface area (Å²) in [7, 11) is 1.71. The fourth-order valence-corrected chi connectivity index (χ4v) is 1.86. The Kier molecular flexibility index (Phi) is 2.81. The van der Waals surface area contributed by atoms with Crippen LogP contribution in [0.4, 0.5) is 0 Å². The van der Waals surface area contributed by atoms with Crippen molar-refractivity contribution in [2.24, 2.45) is 0 Å². The predicted molar refractivity (Wildman–Crippen MR) is 63.2 cm³/mol. The van der Waals surface area contributed by atoms with Gasteiger partial charge in [0.25, 0.3) is 0 Å². The molecular weight excluding hydrogens is 184 g/mol. The molecule has 0 amide bonds. The lowest BCUT2D eigenvalue weighted by Crippen LogP contribution is -1.97. The third-order valence-corrected chi connectivity index (χ3v) is 3.01. The van der Waals surface area contributed by atoms with E-state index in [2.05, 4.69) is 25.6 Å². The third-order valence-electron chi connectivity index (χ3n) is 3.01. The molecule has 2 rings (SSSR count). The quantitative estimate of drug-likeness (QED) is 0.721. The molecule has 79 valence electrons. The Bertz CT molecular complexity index is 364. The van der Waals surface area contributed by atoms with Gasteiger partial charge in [0.1, 0.15) is 5.75 Å². The average molecular weight is 201 g/mol. The van der Waals surface area contributed by atoms with Crippen molar-refractivity contribution in [3.63, 3.8) is 0 Å². The van der Waals surface area contributed by atoms with Crippen molar-refractivity contribution in [2.45, 2.75) is 25.7 Å². The van der Waals surface area contributed by atoms with Gasteiger partial charge in [-0.25, -0.2) is 0 Å². The maximum absolute atomic E-state index is 5.26. The smallest absolute Gasteiger partial charge is 0.119 e. The van der Waals surface area contributed by atoms with E-state index >= 15 is 0 Å². The lowest BCUT2D eigenvalue weighted by Gasteiger charge is -2.13. The lowest BCUT2D eigenvalue weighted by molar-refractivity contribution is 0.414. The molecule has 1 radical (unpaired) electrons. The lowest BCUT2D eigenvalue weighted by atomic mass is 9.93. The molecule has 1 aliphatic carbocycles. The molecule has 1 fully saturated rings. The normalized spacial score (nSPS) is 15.4. The van der Waals surface area contributed by atoms with Gasteiger partial charge in [0.05, 0.1) is 7.11 Å². The van der Waals surface area contributed by atoms with Gasteiger partial charge in [-0.15, -0.1) is 6.58 Å². The van der Waals surface area contributed by atoms with Gasteiger partial charge in [-0.3, -0.25) is 0 Å². The number of allylic oxidation sites excluding steroid dienone is 1. The molecule has 1 saturated carbocycles. The highest BCUT2D eigenvalue weighted by atomic mass is 16.5. The van der Waals surface area contributed by atoms with E-state index in [1.54, 1.807) is 7.11 Å². The van der Waals surface area contributed by atoms with Crippen LogP contribution in [0.15, 0.2) is 30.9 Å². The average Bonchev–Trinajstić information content (AvgIpc) is 3.11. The van der Waals surface area contributed by atoms with Gasteiger partial charge >= 0.3 is 0 Å². The first-order chi connectivity index (χ1) is 7.26. The zero-order valence-corrected chi connectivity index (χ0v) is 9.42. The molecule has 0 bridgehead atoms. The zero-order valence-electron chi connectivity index (χ0n) is 9.42. The molecule has 0 unspecified atom stereocenters. The Morgan fingerprint density at radius 3 is 2.73 bits per heavy atom. The minimum Gasteiger partial charge on any atom is -0.497 e. The van der Waals surface area contributed by atoms with Crippen LogP contribution in [-0.4, -0.2) is 7.11 Å². The number of ether oxygens (including phenoxy) is 1. The van der Waals surface area contributed by atoms with Crippen molar-refractivity contribution >= 4 is 0 Å². The largest absolute Gasteiger partial charge is 0.497 e. The molecule has 0 heterocycles. The van der Waals surface area contributed by atoms with Gasteiger partial charge in [-0.05, 0) is 42.0 Å². The Balaban J connectivity index is 2.40. The summed E-state index contributed by atoms with van der Waals surface area (Å²) in [4.78, 5) is 0. The summed E-state index contributed by atoms with van der Waals surface area (Å²) < 4.78 is 5.26. The monoisotopic (exact) mass is 201 g/mol. The Hall–Kier alpha value is -1.24. The van der Waals surface area contributed by atoms with Crippen LogP contribution in [0, 0.1) is 5.92 Å². The predicted octanol–water partition coefficient (Wildman–Crippen LogP) is 3.70. The van der Waals surface area contributed by atoms with Gasteiger partial charge in [-0.2, -0.15) is 0 Å². The van der Waals surface area contributed by atoms with Crippen LogP contribution >= 0.6 is 0 Å². The summed E-state index contributed by atoms with van der Waals surface area (Å²) in [6.07, 6.45) is 4.56. The number of hydrogen-bond donors (Lipinski definition) is 0. The maximum Gasteiger partial charge on any atom is 0.119 e. The molecule has 0 saturated heterocycles. The van der Waals surface area contributed by atoms with Crippen molar-refractivity contribution < 1.29 is 4.74 Å². The molecule has 1 aliphatic rings. The van der Waals surface area contributed by atoms with Crippen molar-refractivity contribution in [3.8, 4) is 5.75 Å². The van der Waals surface area contributed by atoms with Gasteiger partial charge in [0.2, 0.25) is 0 Å². The minimum atomic E-state index is 0.765. The van der Waals surface area contributed by atoms with Crippen LogP contribution in [-0.2, 0) is 0 Å². The number of methoxy groups -OCH3 is 1. The van der Waals surface area contributed by atoms with E-state index in [0.717, 1.165) is 11.7 Å². The Labute approximate surface area is 91.8 Å². The molecular formula is C14H17O. The van der Waals surface area contributed by atoms with E-state index in [0.29, 0.717) is 0 Å². The van der Waals surface area contributed by atoms with Crippen LogP contribution in [0.2, 0.25) is 0 Å². The van der Waals surface area contributed by atoms with Crippen LogP contribution in [0.25, 0.3) is 0 Å². The highest BCUT2D eigenvalue weighted by Gasteiger charge is 2.27. The first-order valence-electron chi connectivity index (χ1n) is 5.40. The first kappa shape index (κ1) is 10.3. The zero-order chi connectivity index (χ0) is 10.8. The van der Waals surface area contributed by atoms with Gasteiger partial charge in [-0.1, -0.05) is 19.1 Å². The highest BCUT2D eigenvalue weighted by Crippen LogP contribution is 2.44. The number of hydrogen-bond acceptors (Lipinski definition) is 1. The molecule has 0 spiro atoms. The summed E-state index contributed by atoms with van der Waals surface area (Å²) in [5.41, 5.74) is 2.75. The highest BCUT2D eigenvalue weighted by molar-refractivity contribution is 5.48. The second-order valence-corrected chi connectivity index (χ2v) is 4.11. The molecule has 1 nitrogen and oxygen atoms in total.